The van der Waals surface area contributed by atoms with Crippen LogP contribution in [-0.4, -0.2) is 25.1 Å². The Morgan fingerprint density at radius 1 is 1.22 bits per heavy atom. The van der Waals surface area contributed by atoms with Crippen LogP contribution in [0.2, 0.25) is 0 Å². The van der Waals surface area contributed by atoms with Crippen LogP contribution in [-0.2, 0) is 15.1 Å². The summed E-state index contributed by atoms with van der Waals surface area (Å²) in [4.78, 5) is 17.2. The summed E-state index contributed by atoms with van der Waals surface area (Å²) in [6, 6.07) is 10.3. The van der Waals surface area contributed by atoms with Crippen LogP contribution >= 0.6 is 11.3 Å². The number of nitrogens with one attached hydrogen (secondary N) is 1. The van der Waals surface area contributed by atoms with Crippen molar-refractivity contribution in [1.29, 1.82) is 0 Å². The first-order chi connectivity index (χ1) is 15.1. The zero-order valence-corrected chi connectivity index (χ0v) is 19.9. The Bertz CT molecular complexity index is 1140. The molecule has 1 atom stereocenters. The van der Waals surface area contributed by atoms with Crippen LogP contribution in [0.25, 0.3) is 10.4 Å². The van der Waals surface area contributed by atoms with Crippen LogP contribution in [0.3, 0.4) is 0 Å². The number of benzene rings is 1. The summed E-state index contributed by atoms with van der Waals surface area (Å²) >= 11 is 1.24. The van der Waals surface area contributed by atoms with E-state index in [1.54, 1.807) is 26.4 Å². The van der Waals surface area contributed by atoms with Crippen molar-refractivity contribution >= 4 is 28.1 Å². The van der Waals surface area contributed by atoms with Gasteiger partial charge in [0, 0.05) is 35.9 Å². The molecule has 1 aromatic carbocycles. The molecule has 0 aliphatic carbocycles. The van der Waals surface area contributed by atoms with Crippen molar-refractivity contribution in [2.75, 3.05) is 19.5 Å². The summed E-state index contributed by atoms with van der Waals surface area (Å²) in [6.45, 7) is 7.58. The normalized spacial score (nSPS) is 12.6. The van der Waals surface area contributed by atoms with Gasteiger partial charge in [0.1, 0.15) is 16.6 Å². The summed E-state index contributed by atoms with van der Waals surface area (Å²) in [7, 11) is 3.23. The number of amides is 1. The molecule has 170 valence electrons. The molecule has 3 rings (SSSR count). The van der Waals surface area contributed by atoms with Gasteiger partial charge in [0.15, 0.2) is 0 Å². The SMILES string of the molecule is COC(C)c1ccc(Nc2sc(-c3ccc(C(C)(C)OC)cc3F)cc2C(N)=O)nc1C. The van der Waals surface area contributed by atoms with Gasteiger partial charge in [-0.1, -0.05) is 18.2 Å². The van der Waals surface area contributed by atoms with Gasteiger partial charge in [-0.25, -0.2) is 9.37 Å². The molecule has 0 radical (unpaired) electrons. The molecule has 1 amide bonds. The summed E-state index contributed by atoms with van der Waals surface area (Å²) in [6.07, 6.45) is -0.0832. The van der Waals surface area contributed by atoms with Crippen molar-refractivity contribution in [1.82, 2.24) is 4.98 Å². The molecule has 8 heteroatoms. The van der Waals surface area contributed by atoms with Gasteiger partial charge in [-0.3, -0.25) is 4.79 Å². The maximum absolute atomic E-state index is 15.0. The van der Waals surface area contributed by atoms with E-state index in [0.717, 1.165) is 16.8 Å². The average Bonchev–Trinajstić information content (AvgIpc) is 3.17. The van der Waals surface area contributed by atoms with Crippen LogP contribution in [0, 0.1) is 12.7 Å². The topological polar surface area (TPSA) is 86.5 Å². The van der Waals surface area contributed by atoms with Gasteiger partial charge < -0.3 is 20.5 Å². The van der Waals surface area contributed by atoms with Gasteiger partial charge in [0.05, 0.1) is 17.3 Å². The van der Waals surface area contributed by atoms with Crippen LogP contribution in [0.1, 0.15) is 54.1 Å². The fourth-order valence-electron chi connectivity index (χ4n) is 3.32. The number of nitrogens with two attached hydrogens (primary N) is 1. The van der Waals surface area contributed by atoms with Crippen molar-refractivity contribution in [3.05, 3.63) is 64.6 Å². The second kappa shape index (κ2) is 9.36. The number of aryl methyl sites for hydroxylation is 1. The Morgan fingerprint density at radius 2 is 1.94 bits per heavy atom. The number of anilines is 2. The number of hydrogen-bond acceptors (Lipinski definition) is 6. The summed E-state index contributed by atoms with van der Waals surface area (Å²) in [5.74, 6) is -0.444. The van der Waals surface area contributed by atoms with E-state index < -0.39 is 17.3 Å². The number of nitrogens with zero attached hydrogens (tertiary/aromatic N) is 1. The molecule has 0 saturated carbocycles. The monoisotopic (exact) mass is 457 g/mol. The molecular formula is C24H28FN3O3S. The van der Waals surface area contributed by atoms with E-state index in [1.165, 1.54) is 17.4 Å². The maximum Gasteiger partial charge on any atom is 0.251 e. The first kappa shape index (κ1) is 23.8. The number of rotatable bonds is 8. The molecule has 3 aromatic rings. The number of ether oxygens (including phenoxy) is 2. The Kier molecular flexibility index (Phi) is 6.97. The van der Waals surface area contributed by atoms with E-state index in [4.69, 9.17) is 15.2 Å². The largest absolute Gasteiger partial charge is 0.377 e. The molecule has 6 nitrogen and oxygen atoms in total. The standard InChI is InChI=1S/C24H28FN3O3S/c1-13-16(14(2)30-5)9-10-21(27-13)28-23-18(22(26)29)12-20(32-23)17-8-7-15(11-19(17)25)24(3,4)31-6/h7-12,14H,1-6H3,(H2,26,29)(H,27,28). The van der Waals surface area contributed by atoms with Crippen LogP contribution < -0.4 is 11.1 Å². The van der Waals surface area contributed by atoms with Crippen LogP contribution in [0.5, 0.6) is 0 Å². The van der Waals surface area contributed by atoms with E-state index >= 15 is 0 Å². The predicted octanol–water partition coefficient (Wildman–Crippen LogP) is 5.69. The summed E-state index contributed by atoms with van der Waals surface area (Å²) in [5, 5.41) is 3.66. The number of aromatic nitrogens is 1. The molecule has 0 bridgehead atoms. The van der Waals surface area contributed by atoms with Gasteiger partial charge >= 0.3 is 0 Å². The highest BCUT2D eigenvalue weighted by Gasteiger charge is 2.23. The average molecular weight is 458 g/mol. The Labute approximate surface area is 191 Å². The Morgan fingerprint density at radius 3 is 2.50 bits per heavy atom. The van der Waals surface area contributed by atoms with Crippen molar-refractivity contribution in [3.63, 3.8) is 0 Å². The first-order valence-corrected chi connectivity index (χ1v) is 11.0. The molecule has 0 aliphatic rings. The minimum absolute atomic E-state index is 0.0832. The van der Waals surface area contributed by atoms with Gasteiger partial charge in [-0.05, 0) is 51.5 Å². The minimum atomic E-state index is -0.615. The third-order valence-electron chi connectivity index (χ3n) is 5.60. The molecule has 0 fully saturated rings. The van der Waals surface area contributed by atoms with Gasteiger partial charge in [0.25, 0.3) is 5.91 Å². The predicted molar refractivity (Wildman–Crippen MR) is 126 cm³/mol. The third-order valence-corrected chi connectivity index (χ3v) is 6.68. The van der Waals surface area contributed by atoms with E-state index in [2.05, 4.69) is 10.3 Å². The summed E-state index contributed by atoms with van der Waals surface area (Å²) < 4.78 is 25.8. The lowest BCUT2D eigenvalue weighted by molar-refractivity contribution is 0.0190. The second-order valence-electron chi connectivity index (χ2n) is 8.00. The number of carbonyl (C=O) groups is 1. The smallest absolute Gasteiger partial charge is 0.251 e. The molecule has 0 spiro atoms. The Balaban J connectivity index is 1.96. The van der Waals surface area contributed by atoms with E-state index in [0.29, 0.717) is 21.3 Å². The molecule has 0 aliphatic heterocycles. The summed E-state index contributed by atoms with van der Waals surface area (Å²) in [5.41, 5.74) is 8.14. The van der Waals surface area contributed by atoms with Gasteiger partial charge in [0.2, 0.25) is 0 Å². The molecular weight excluding hydrogens is 429 g/mol. The fraction of sp³-hybridized carbons (Fsp3) is 0.333. The molecule has 1 unspecified atom stereocenters. The third kappa shape index (κ3) is 4.82. The first-order valence-electron chi connectivity index (χ1n) is 10.1. The van der Waals surface area contributed by atoms with E-state index in [-0.39, 0.29) is 11.7 Å². The lowest BCUT2D eigenvalue weighted by Crippen LogP contribution is -2.19. The van der Waals surface area contributed by atoms with Crippen LogP contribution in [0.4, 0.5) is 15.2 Å². The highest BCUT2D eigenvalue weighted by molar-refractivity contribution is 7.19. The zero-order valence-electron chi connectivity index (χ0n) is 19.1. The lowest BCUT2D eigenvalue weighted by atomic mass is 9.96. The molecule has 3 N–H and O–H groups in total. The van der Waals surface area contributed by atoms with E-state index in [1.807, 2.05) is 45.9 Å². The number of carbonyl (C=O) groups excluding carboxylic acids is 1. The quantitative estimate of drug-likeness (QED) is 0.454. The highest BCUT2D eigenvalue weighted by Crippen LogP contribution is 2.39. The lowest BCUT2D eigenvalue weighted by Gasteiger charge is -2.23. The number of hydrogen-bond donors (Lipinski definition) is 2. The number of thiophene rings is 1. The Hall–Kier alpha value is -2.81. The zero-order chi connectivity index (χ0) is 23.6. The number of methoxy groups -OCH3 is 2. The molecule has 32 heavy (non-hydrogen) atoms. The number of pyridine rings is 1. The number of primary amides is 1. The minimum Gasteiger partial charge on any atom is -0.377 e. The van der Waals surface area contributed by atoms with Crippen molar-refractivity contribution in [2.24, 2.45) is 5.73 Å². The second-order valence-corrected chi connectivity index (χ2v) is 9.05. The van der Waals surface area contributed by atoms with Crippen molar-refractivity contribution in [3.8, 4) is 10.4 Å². The van der Waals surface area contributed by atoms with Crippen molar-refractivity contribution < 1.29 is 18.7 Å². The number of halogens is 1. The molecule has 2 aromatic heterocycles. The maximum atomic E-state index is 15.0. The fourth-order valence-corrected chi connectivity index (χ4v) is 4.42. The van der Waals surface area contributed by atoms with Crippen LogP contribution in [0.15, 0.2) is 36.4 Å². The van der Waals surface area contributed by atoms with Gasteiger partial charge in [-0.15, -0.1) is 11.3 Å². The van der Waals surface area contributed by atoms with Gasteiger partial charge in [-0.2, -0.15) is 0 Å². The van der Waals surface area contributed by atoms with Crippen molar-refractivity contribution in [2.45, 2.75) is 39.4 Å². The molecule has 0 saturated heterocycles. The molecule has 2 heterocycles. The van der Waals surface area contributed by atoms with E-state index in [9.17, 15) is 9.18 Å². The highest BCUT2D eigenvalue weighted by atomic mass is 32.1.